The monoisotopic (exact) mass is 554 g/mol. The number of carboxylic acids is 1. The van der Waals surface area contributed by atoms with E-state index in [1.807, 2.05) is 60.7 Å². The minimum Gasteiger partial charge on any atom is -0.481 e. The van der Waals surface area contributed by atoms with Crippen molar-refractivity contribution in [3.8, 4) is 0 Å². The Morgan fingerprint density at radius 2 is 1.34 bits per heavy atom. The number of halogens is 2. The van der Waals surface area contributed by atoms with E-state index in [1.165, 1.54) is 17.2 Å². The van der Waals surface area contributed by atoms with Crippen LogP contribution in [0.15, 0.2) is 78.9 Å². The SMILES string of the molecule is O=C(O)CCC(C(=O)Nc1ccc(Cl)c(Cl)c1)C(=O)N(CCCc1ccccc1)CCCc1ccccc1. The number of carbonyl (C=O) groups excluding carboxylic acids is 2. The molecule has 0 aliphatic carbocycles. The molecule has 0 saturated carbocycles. The third-order valence-electron chi connectivity index (χ3n) is 6.23. The van der Waals surface area contributed by atoms with Crippen LogP contribution in [0.5, 0.6) is 0 Å². The first-order valence-electron chi connectivity index (χ1n) is 12.7. The van der Waals surface area contributed by atoms with E-state index in [0.717, 1.165) is 25.7 Å². The number of benzene rings is 3. The molecule has 0 bridgehead atoms. The Morgan fingerprint density at radius 1 is 0.789 bits per heavy atom. The molecule has 0 saturated heterocycles. The Hall–Kier alpha value is -3.35. The van der Waals surface area contributed by atoms with Gasteiger partial charge in [-0.15, -0.1) is 0 Å². The normalized spacial score (nSPS) is 11.5. The van der Waals surface area contributed by atoms with Crippen LogP contribution in [0.2, 0.25) is 10.0 Å². The molecule has 2 N–H and O–H groups in total. The highest BCUT2D eigenvalue weighted by Crippen LogP contribution is 2.26. The van der Waals surface area contributed by atoms with E-state index in [0.29, 0.717) is 23.8 Å². The maximum Gasteiger partial charge on any atom is 0.303 e. The lowest BCUT2D eigenvalue weighted by Gasteiger charge is -2.27. The molecule has 0 aromatic heterocycles. The summed E-state index contributed by atoms with van der Waals surface area (Å²) in [5.41, 5.74) is 2.73. The molecule has 1 unspecified atom stereocenters. The van der Waals surface area contributed by atoms with Gasteiger partial charge in [0.25, 0.3) is 0 Å². The fraction of sp³-hybridized carbons (Fsp3) is 0.300. The first-order valence-corrected chi connectivity index (χ1v) is 13.4. The van der Waals surface area contributed by atoms with E-state index in [2.05, 4.69) is 5.32 Å². The maximum absolute atomic E-state index is 13.7. The van der Waals surface area contributed by atoms with Gasteiger partial charge in [0.1, 0.15) is 5.92 Å². The van der Waals surface area contributed by atoms with E-state index >= 15 is 0 Å². The Balaban J connectivity index is 1.74. The van der Waals surface area contributed by atoms with Gasteiger partial charge in [0.2, 0.25) is 11.8 Å². The van der Waals surface area contributed by atoms with Crippen LogP contribution in [0.1, 0.15) is 36.8 Å². The quantitative estimate of drug-likeness (QED) is 0.222. The maximum atomic E-state index is 13.7. The van der Waals surface area contributed by atoms with Gasteiger partial charge in [0, 0.05) is 25.2 Å². The van der Waals surface area contributed by atoms with Gasteiger partial charge in [-0.1, -0.05) is 83.9 Å². The highest BCUT2D eigenvalue weighted by Gasteiger charge is 2.31. The van der Waals surface area contributed by atoms with E-state index < -0.39 is 17.8 Å². The number of aryl methyl sites for hydroxylation is 2. The largest absolute Gasteiger partial charge is 0.481 e. The van der Waals surface area contributed by atoms with Crippen molar-refractivity contribution in [2.24, 2.45) is 5.92 Å². The van der Waals surface area contributed by atoms with Crippen molar-refractivity contribution >= 4 is 46.7 Å². The van der Waals surface area contributed by atoms with Crippen molar-refractivity contribution < 1.29 is 19.5 Å². The molecule has 0 aliphatic heterocycles. The summed E-state index contributed by atoms with van der Waals surface area (Å²) in [6.07, 6.45) is 2.63. The topological polar surface area (TPSA) is 86.7 Å². The number of rotatable bonds is 14. The van der Waals surface area contributed by atoms with E-state index in [-0.39, 0.29) is 23.8 Å². The summed E-state index contributed by atoms with van der Waals surface area (Å²) >= 11 is 12.0. The summed E-state index contributed by atoms with van der Waals surface area (Å²) in [7, 11) is 0. The van der Waals surface area contributed by atoms with Crippen LogP contribution in [0.4, 0.5) is 5.69 Å². The molecule has 3 aromatic carbocycles. The molecule has 0 heterocycles. The van der Waals surface area contributed by atoms with Crippen molar-refractivity contribution in [3.63, 3.8) is 0 Å². The molecule has 38 heavy (non-hydrogen) atoms. The van der Waals surface area contributed by atoms with Crippen LogP contribution in [-0.4, -0.2) is 40.9 Å². The zero-order chi connectivity index (χ0) is 27.3. The van der Waals surface area contributed by atoms with Gasteiger partial charge in [-0.3, -0.25) is 14.4 Å². The molecule has 1 atom stereocenters. The molecular weight excluding hydrogens is 523 g/mol. The zero-order valence-electron chi connectivity index (χ0n) is 21.1. The van der Waals surface area contributed by atoms with Gasteiger partial charge in [0.15, 0.2) is 0 Å². The summed E-state index contributed by atoms with van der Waals surface area (Å²) in [5, 5.41) is 12.6. The number of nitrogens with zero attached hydrogens (tertiary/aromatic N) is 1. The van der Waals surface area contributed by atoms with E-state index in [1.54, 1.807) is 17.0 Å². The Morgan fingerprint density at radius 3 is 1.84 bits per heavy atom. The third-order valence-corrected chi connectivity index (χ3v) is 6.97. The van der Waals surface area contributed by atoms with E-state index in [9.17, 15) is 19.5 Å². The third kappa shape index (κ3) is 9.51. The summed E-state index contributed by atoms with van der Waals surface area (Å²) in [6, 6.07) is 24.6. The number of anilines is 1. The predicted molar refractivity (Wildman–Crippen MR) is 152 cm³/mol. The molecule has 0 fully saturated rings. The number of amides is 2. The number of aliphatic carboxylic acids is 1. The number of nitrogens with one attached hydrogen (secondary N) is 1. The highest BCUT2D eigenvalue weighted by atomic mass is 35.5. The van der Waals surface area contributed by atoms with Crippen LogP contribution >= 0.6 is 23.2 Å². The first kappa shape index (κ1) is 29.2. The summed E-state index contributed by atoms with van der Waals surface area (Å²) in [5.74, 6) is -3.14. The Bertz CT molecular complexity index is 1160. The lowest BCUT2D eigenvalue weighted by Crippen LogP contribution is -2.43. The number of carboxylic acid groups (broad SMARTS) is 1. The molecule has 8 heteroatoms. The molecule has 0 aliphatic rings. The average Bonchev–Trinajstić information content (AvgIpc) is 2.91. The minimum absolute atomic E-state index is 0.102. The second-order valence-corrected chi connectivity index (χ2v) is 9.92. The second kappa shape index (κ2) is 15.2. The lowest BCUT2D eigenvalue weighted by molar-refractivity contribution is -0.142. The molecule has 6 nitrogen and oxygen atoms in total. The van der Waals surface area contributed by atoms with E-state index in [4.69, 9.17) is 23.2 Å². The summed E-state index contributed by atoms with van der Waals surface area (Å²) in [6.45, 7) is 0.929. The first-order chi connectivity index (χ1) is 18.3. The lowest BCUT2D eigenvalue weighted by atomic mass is 9.99. The second-order valence-electron chi connectivity index (χ2n) is 9.11. The van der Waals surface area contributed by atoms with Crippen molar-refractivity contribution in [3.05, 3.63) is 100 Å². The Labute approximate surface area is 233 Å². The standard InChI is InChI=1S/C30H32Cl2N2O4/c31-26-17-15-24(21-27(26)32)33-29(37)25(16-18-28(35)36)30(38)34(19-7-13-22-9-3-1-4-10-22)20-8-14-23-11-5-2-6-12-23/h1-6,9-12,15,17,21,25H,7-8,13-14,16,18-20H2,(H,33,37)(H,35,36). The van der Waals surface area contributed by atoms with Crippen molar-refractivity contribution in [2.75, 3.05) is 18.4 Å². The number of carbonyl (C=O) groups is 3. The Kier molecular flexibility index (Phi) is 11.7. The molecule has 3 rings (SSSR count). The van der Waals surface area contributed by atoms with Gasteiger partial charge in [-0.2, -0.15) is 0 Å². The number of hydrogen-bond acceptors (Lipinski definition) is 3. The van der Waals surface area contributed by atoms with Gasteiger partial charge >= 0.3 is 5.97 Å². The van der Waals surface area contributed by atoms with Gasteiger partial charge in [0.05, 0.1) is 10.0 Å². The van der Waals surface area contributed by atoms with Crippen LogP contribution in [0.3, 0.4) is 0 Å². The molecule has 2 amide bonds. The fourth-order valence-electron chi connectivity index (χ4n) is 4.23. The number of hydrogen-bond donors (Lipinski definition) is 2. The molecule has 0 radical (unpaired) electrons. The van der Waals surface area contributed by atoms with Crippen LogP contribution in [0, 0.1) is 5.92 Å². The van der Waals surface area contributed by atoms with Crippen LogP contribution < -0.4 is 5.32 Å². The van der Waals surface area contributed by atoms with Crippen LogP contribution in [0.25, 0.3) is 0 Å². The fourth-order valence-corrected chi connectivity index (χ4v) is 4.53. The molecule has 3 aromatic rings. The smallest absolute Gasteiger partial charge is 0.303 e. The van der Waals surface area contributed by atoms with Gasteiger partial charge < -0.3 is 15.3 Å². The van der Waals surface area contributed by atoms with Crippen molar-refractivity contribution in [2.45, 2.75) is 38.5 Å². The van der Waals surface area contributed by atoms with Crippen molar-refractivity contribution in [1.82, 2.24) is 4.90 Å². The van der Waals surface area contributed by atoms with Crippen LogP contribution in [-0.2, 0) is 27.2 Å². The summed E-state index contributed by atoms with van der Waals surface area (Å²) in [4.78, 5) is 40.0. The highest BCUT2D eigenvalue weighted by molar-refractivity contribution is 6.42. The summed E-state index contributed by atoms with van der Waals surface area (Å²) < 4.78 is 0. The predicted octanol–water partition coefficient (Wildman–Crippen LogP) is 6.51. The minimum atomic E-state index is -1.14. The van der Waals surface area contributed by atoms with Gasteiger partial charge in [-0.05, 0) is 61.4 Å². The van der Waals surface area contributed by atoms with Gasteiger partial charge in [-0.25, -0.2) is 0 Å². The molecular formula is C30H32Cl2N2O4. The van der Waals surface area contributed by atoms with Crippen molar-refractivity contribution in [1.29, 1.82) is 0 Å². The molecule has 200 valence electrons. The molecule has 0 spiro atoms. The average molecular weight is 556 g/mol. The zero-order valence-corrected chi connectivity index (χ0v) is 22.6.